The summed E-state index contributed by atoms with van der Waals surface area (Å²) in [5, 5.41) is 23.8. The lowest BCUT2D eigenvalue weighted by molar-refractivity contribution is -0.150. The Labute approximate surface area is 414 Å². The smallest absolute Gasteiger partial charge is 0.306 e. The summed E-state index contributed by atoms with van der Waals surface area (Å²) < 4.78 is 5.91. The third-order valence-electron chi connectivity index (χ3n) is 12.2. The average Bonchev–Trinajstić information content (AvgIpc) is 3.32. The first-order valence-electron chi connectivity index (χ1n) is 28.0. The summed E-state index contributed by atoms with van der Waals surface area (Å²) in [5.74, 6) is -0.584. The maximum atomic E-state index is 13.2. The van der Waals surface area contributed by atoms with Crippen LogP contribution in [0.5, 0.6) is 0 Å². The van der Waals surface area contributed by atoms with Gasteiger partial charge < -0.3 is 20.3 Å². The standard InChI is InChI=1S/C61H105NO5/c1-4-7-10-13-16-19-22-25-27-29-30-32-34-36-39-42-45-48-51-54-61(66)67-57(52-49-46-43-40-37-35-33-31-28-26-23-20-17-14-11-8-5-2)55-60(65)62-58(56-63)59(64)53-50-47-44-41-38-24-21-18-15-12-9-6-3/h7,10,16-17,19-20,25-28,30,32,36,39,45,48,57-59,63-64H,4-6,8-9,11-15,18,21-24,29,31,33-35,37-38,40-44,46-47,49-56H2,1-3H3,(H,62,65)/b10-7-,19-16-,20-17-,27-25-,28-26-,32-30-,39-36-,48-45-. The number of allylic oxidation sites excluding steroid dienone is 16. The number of nitrogens with one attached hydrogen (secondary N) is 1. The lowest BCUT2D eigenvalue weighted by Crippen LogP contribution is -2.46. The van der Waals surface area contributed by atoms with Gasteiger partial charge in [0.2, 0.25) is 5.91 Å². The lowest BCUT2D eigenvalue weighted by atomic mass is 10.0. The fraction of sp³-hybridized carbons (Fsp3) is 0.705. The normalized spacial score (nSPS) is 13.9. The highest BCUT2D eigenvalue weighted by atomic mass is 16.5. The van der Waals surface area contributed by atoms with Gasteiger partial charge in [0.15, 0.2) is 0 Å². The molecule has 0 bridgehead atoms. The third kappa shape index (κ3) is 49.0. The van der Waals surface area contributed by atoms with Crippen molar-refractivity contribution in [2.24, 2.45) is 0 Å². The van der Waals surface area contributed by atoms with E-state index >= 15 is 0 Å². The number of rotatable bonds is 49. The van der Waals surface area contributed by atoms with Crippen LogP contribution < -0.4 is 5.32 Å². The predicted octanol–water partition coefficient (Wildman–Crippen LogP) is 17.3. The molecule has 0 fully saturated rings. The minimum atomic E-state index is -0.808. The van der Waals surface area contributed by atoms with Crippen LogP contribution in [-0.2, 0) is 14.3 Å². The van der Waals surface area contributed by atoms with Gasteiger partial charge in [-0.1, -0.05) is 240 Å². The Kier molecular flexibility index (Phi) is 51.1. The molecule has 0 aromatic carbocycles. The summed E-state index contributed by atoms with van der Waals surface area (Å²) in [6.45, 7) is 6.33. The summed E-state index contributed by atoms with van der Waals surface area (Å²) in [6.07, 6.45) is 71.9. The Balaban J connectivity index is 4.73. The topological polar surface area (TPSA) is 95.9 Å². The van der Waals surface area contributed by atoms with Gasteiger partial charge in [0.05, 0.1) is 25.2 Å². The molecule has 6 nitrogen and oxygen atoms in total. The second-order valence-corrected chi connectivity index (χ2v) is 18.6. The minimum absolute atomic E-state index is 0.0373. The molecule has 0 heterocycles. The first-order chi connectivity index (χ1) is 33.0. The quantitative estimate of drug-likeness (QED) is 0.0321. The van der Waals surface area contributed by atoms with Gasteiger partial charge >= 0.3 is 5.97 Å². The van der Waals surface area contributed by atoms with Crippen molar-refractivity contribution in [1.29, 1.82) is 0 Å². The fourth-order valence-electron chi connectivity index (χ4n) is 7.96. The van der Waals surface area contributed by atoms with Crippen LogP contribution in [0.3, 0.4) is 0 Å². The Bertz CT molecular complexity index is 1320. The molecule has 0 rings (SSSR count). The van der Waals surface area contributed by atoms with Gasteiger partial charge in [-0.3, -0.25) is 9.59 Å². The van der Waals surface area contributed by atoms with E-state index in [1.807, 2.05) is 6.08 Å². The number of unbranched alkanes of at least 4 members (excludes halogenated alkanes) is 21. The van der Waals surface area contributed by atoms with Gasteiger partial charge in [-0.2, -0.15) is 0 Å². The summed E-state index contributed by atoms with van der Waals surface area (Å²) >= 11 is 0. The van der Waals surface area contributed by atoms with E-state index in [0.717, 1.165) is 89.9 Å². The zero-order valence-corrected chi connectivity index (χ0v) is 43.8. The molecule has 1 amide bonds. The Hall–Kier alpha value is -3.22. The van der Waals surface area contributed by atoms with Gasteiger partial charge in [0, 0.05) is 6.42 Å². The van der Waals surface area contributed by atoms with Crippen molar-refractivity contribution in [3.63, 3.8) is 0 Å². The van der Waals surface area contributed by atoms with Gasteiger partial charge in [0.25, 0.3) is 0 Å². The van der Waals surface area contributed by atoms with E-state index in [9.17, 15) is 19.8 Å². The van der Waals surface area contributed by atoms with Crippen LogP contribution in [0.1, 0.15) is 252 Å². The number of hydrogen-bond acceptors (Lipinski definition) is 5. The predicted molar refractivity (Wildman–Crippen MR) is 291 cm³/mol. The van der Waals surface area contributed by atoms with Crippen molar-refractivity contribution in [3.8, 4) is 0 Å². The van der Waals surface area contributed by atoms with E-state index in [1.54, 1.807) is 0 Å². The summed E-state index contributed by atoms with van der Waals surface area (Å²) in [5.41, 5.74) is 0. The molecule has 0 aromatic rings. The van der Waals surface area contributed by atoms with Crippen molar-refractivity contribution >= 4 is 11.9 Å². The molecule has 0 spiro atoms. The molecule has 3 atom stereocenters. The lowest BCUT2D eigenvalue weighted by Gasteiger charge is -2.24. The number of hydrogen-bond donors (Lipinski definition) is 3. The van der Waals surface area contributed by atoms with Crippen molar-refractivity contribution in [3.05, 3.63) is 97.2 Å². The third-order valence-corrected chi connectivity index (χ3v) is 12.2. The second kappa shape index (κ2) is 53.7. The molecule has 0 aliphatic carbocycles. The van der Waals surface area contributed by atoms with Crippen molar-refractivity contribution < 1.29 is 24.5 Å². The van der Waals surface area contributed by atoms with E-state index in [0.29, 0.717) is 19.3 Å². The molecule has 3 unspecified atom stereocenters. The molecule has 0 saturated heterocycles. The van der Waals surface area contributed by atoms with Crippen molar-refractivity contribution in [2.45, 2.75) is 270 Å². The molecule has 0 aromatic heterocycles. The summed E-state index contributed by atoms with van der Waals surface area (Å²) in [7, 11) is 0. The molecular formula is C61H105NO5. The minimum Gasteiger partial charge on any atom is -0.462 e. The molecule has 0 saturated carbocycles. The van der Waals surface area contributed by atoms with E-state index < -0.39 is 18.2 Å². The van der Waals surface area contributed by atoms with E-state index in [4.69, 9.17) is 4.74 Å². The van der Waals surface area contributed by atoms with E-state index in [2.05, 4.69) is 117 Å². The first kappa shape index (κ1) is 63.8. The molecule has 67 heavy (non-hydrogen) atoms. The number of ether oxygens (including phenoxy) is 1. The zero-order valence-electron chi connectivity index (χ0n) is 43.8. The van der Waals surface area contributed by atoms with Gasteiger partial charge in [-0.15, -0.1) is 0 Å². The van der Waals surface area contributed by atoms with E-state index in [1.165, 1.54) is 109 Å². The number of carbonyl (C=O) groups is 2. The highest BCUT2D eigenvalue weighted by molar-refractivity contribution is 5.77. The second-order valence-electron chi connectivity index (χ2n) is 18.6. The molecule has 0 aliphatic rings. The van der Waals surface area contributed by atoms with Crippen molar-refractivity contribution in [1.82, 2.24) is 5.32 Å². The highest BCUT2D eigenvalue weighted by Crippen LogP contribution is 2.17. The van der Waals surface area contributed by atoms with Crippen molar-refractivity contribution in [2.75, 3.05) is 6.61 Å². The number of amides is 1. The SMILES string of the molecule is CC/C=C\C/C=C\C/C=C\C/C=C\C/C=C\C/C=C\CCC(=O)OC(CCCCCCCCC/C=C\C/C=C\CCCCC)CC(=O)NC(CO)C(O)CCCCCCCCCCCCCC. The summed E-state index contributed by atoms with van der Waals surface area (Å²) in [6, 6.07) is -0.725. The van der Waals surface area contributed by atoms with Crippen LogP contribution >= 0.6 is 0 Å². The Morgan fingerprint density at radius 2 is 0.806 bits per heavy atom. The van der Waals surface area contributed by atoms with Gasteiger partial charge in [-0.25, -0.2) is 0 Å². The average molecular weight is 933 g/mol. The summed E-state index contributed by atoms with van der Waals surface area (Å²) in [4.78, 5) is 26.2. The van der Waals surface area contributed by atoms with Crippen LogP contribution in [-0.4, -0.2) is 46.9 Å². The fourth-order valence-corrected chi connectivity index (χ4v) is 7.96. The number of carbonyl (C=O) groups excluding carboxylic acids is 2. The Morgan fingerprint density at radius 1 is 0.448 bits per heavy atom. The molecule has 384 valence electrons. The number of aliphatic hydroxyl groups excluding tert-OH is 2. The van der Waals surface area contributed by atoms with Crippen LogP contribution in [0.15, 0.2) is 97.2 Å². The molecule has 3 N–H and O–H groups in total. The largest absolute Gasteiger partial charge is 0.462 e. The first-order valence-corrected chi connectivity index (χ1v) is 28.0. The number of esters is 1. The van der Waals surface area contributed by atoms with Crippen LogP contribution in [0.25, 0.3) is 0 Å². The maximum Gasteiger partial charge on any atom is 0.306 e. The maximum absolute atomic E-state index is 13.2. The van der Waals surface area contributed by atoms with Crippen LogP contribution in [0, 0.1) is 0 Å². The Morgan fingerprint density at radius 3 is 1.25 bits per heavy atom. The van der Waals surface area contributed by atoms with Crippen LogP contribution in [0.2, 0.25) is 0 Å². The van der Waals surface area contributed by atoms with Crippen LogP contribution in [0.4, 0.5) is 0 Å². The molecular weight excluding hydrogens is 827 g/mol. The molecule has 0 radical (unpaired) electrons. The monoisotopic (exact) mass is 932 g/mol. The van der Waals surface area contributed by atoms with Gasteiger partial charge in [-0.05, 0) is 96.3 Å². The molecule has 6 heteroatoms. The van der Waals surface area contributed by atoms with Gasteiger partial charge in [0.1, 0.15) is 6.10 Å². The number of aliphatic hydroxyl groups is 2. The zero-order chi connectivity index (χ0) is 48.8. The van der Waals surface area contributed by atoms with E-state index in [-0.39, 0.29) is 31.3 Å². The molecule has 0 aliphatic heterocycles. The highest BCUT2D eigenvalue weighted by Gasteiger charge is 2.24.